The summed E-state index contributed by atoms with van der Waals surface area (Å²) >= 11 is 0. The van der Waals surface area contributed by atoms with Crippen molar-refractivity contribution in [2.45, 2.75) is 51.4 Å². The molecular weight excluding hydrogens is 330 g/mol. The second-order valence-corrected chi connectivity index (χ2v) is 4.47. The molecule has 5 atom stereocenters. The van der Waals surface area contributed by atoms with Crippen LogP contribution >= 0.6 is 0 Å². The summed E-state index contributed by atoms with van der Waals surface area (Å²) in [6.07, 6.45) is -9.48. The molecule has 0 amide bonds. The Bertz CT molecular complexity index is 532. The summed E-state index contributed by atoms with van der Waals surface area (Å²) in [6.45, 7) is 2.85. The number of hydrogen-bond acceptors (Lipinski definition) is 10. The highest BCUT2D eigenvalue weighted by Crippen LogP contribution is 2.18. The van der Waals surface area contributed by atoms with E-state index < -0.39 is 48.6 Å². The van der Waals surface area contributed by atoms with Gasteiger partial charge in [0.15, 0.2) is 30.8 Å². The van der Waals surface area contributed by atoms with Crippen LogP contribution in [-0.2, 0) is 33.4 Å². The third kappa shape index (κ3) is 7.05. The molecule has 0 spiro atoms. The lowest BCUT2D eigenvalue weighted by Gasteiger charge is -2.32. The predicted molar refractivity (Wildman–Crippen MR) is 73.9 cm³/mol. The van der Waals surface area contributed by atoms with Crippen LogP contribution in [0, 0.1) is 0 Å². The topological polar surface area (TPSA) is 185 Å². The van der Waals surface area contributed by atoms with Crippen LogP contribution in [0.3, 0.4) is 0 Å². The van der Waals surface area contributed by atoms with E-state index in [0.29, 0.717) is 0 Å². The molecule has 0 aromatic rings. The first-order valence-corrected chi connectivity index (χ1v) is 6.51. The largest absolute Gasteiger partial charge is 0.456 e. The zero-order valence-electron chi connectivity index (χ0n) is 13.1. The van der Waals surface area contributed by atoms with E-state index in [0.717, 1.165) is 20.8 Å². The summed E-state index contributed by atoms with van der Waals surface area (Å²) in [5, 5.41) is 22.3. The Balaban J connectivity index is 5.80. The van der Waals surface area contributed by atoms with Crippen LogP contribution in [0.2, 0.25) is 0 Å². The normalized spacial score (nSPS) is 16.4. The fraction of sp³-hybridized carbons (Fsp3) is 0.667. The van der Waals surface area contributed by atoms with Gasteiger partial charge in [0.2, 0.25) is 0 Å². The van der Waals surface area contributed by atoms with E-state index in [-0.39, 0.29) is 6.29 Å². The van der Waals surface area contributed by atoms with Crippen LogP contribution in [0.5, 0.6) is 0 Å². The Kier molecular flexibility index (Phi) is 9.02. The first-order valence-electron chi connectivity index (χ1n) is 6.51. The third-order valence-corrected chi connectivity index (χ3v) is 2.50. The third-order valence-electron chi connectivity index (χ3n) is 2.50. The van der Waals surface area contributed by atoms with Crippen molar-refractivity contribution in [2.24, 2.45) is 5.11 Å². The predicted octanol–water partition coefficient (Wildman–Crippen LogP) is -1.03. The molecule has 0 heterocycles. The molecule has 1 unspecified atom stereocenters. The van der Waals surface area contributed by atoms with E-state index in [1.54, 1.807) is 0 Å². The number of carbonyl (C=O) groups excluding carboxylic acids is 4. The number of aldehydes is 1. The van der Waals surface area contributed by atoms with Gasteiger partial charge in [-0.25, -0.2) is 0 Å². The molecule has 0 saturated carbocycles. The Morgan fingerprint density at radius 1 is 1.00 bits per heavy atom. The van der Waals surface area contributed by atoms with Crippen molar-refractivity contribution in [1.29, 1.82) is 0 Å². The Hall–Kier alpha value is -2.69. The molecule has 0 rings (SSSR count). The van der Waals surface area contributed by atoms with Crippen LogP contribution in [0.25, 0.3) is 10.4 Å². The van der Waals surface area contributed by atoms with Gasteiger partial charge >= 0.3 is 17.9 Å². The summed E-state index contributed by atoms with van der Waals surface area (Å²) in [6, 6.07) is 0. The monoisotopic (exact) mass is 347 g/mol. The van der Waals surface area contributed by atoms with Gasteiger partial charge in [-0.3, -0.25) is 19.2 Å². The van der Waals surface area contributed by atoms with Gasteiger partial charge in [-0.1, -0.05) is 5.11 Å². The molecule has 134 valence electrons. The summed E-state index contributed by atoms with van der Waals surface area (Å²) in [5.41, 5.74) is 8.28. The van der Waals surface area contributed by atoms with Crippen molar-refractivity contribution in [1.82, 2.24) is 0 Å². The smallest absolute Gasteiger partial charge is 0.303 e. The van der Waals surface area contributed by atoms with E-state index >= 15 is 0 Å². The summed E-state index contributed by atoms with van der Waals surface area (Å²) in [7, 11) is 0. The fourth-order valence-corrected chi connectivity index (χ4v) is 1.69. The molecule has 12 heteroatoms. The van der Waals surface area contributed by atoms with Crippen LogP contribution in [-0.4, -0.2) is 65.1 Å². The molecule has 0 bridgehead atoms. The van der Waals surface area contributed by atoms with Crippen molar-refractivity contribution < 1.29 is 43.6 Å². The van der Waals surface area contributed by atoms with Gasteiger partial charge in [-0.2, -0.15) is 0 Å². The highest BCUT2D eigenvalue weighted by atomic mass is 16.6. The molecule has 0 aliphatic rings. The lowest BCUT2D eigenvalue weighted by atomic mass is 10.0. The van der Waals surface area contributed by atoms with Crippen molar-refractivity contribution in [3.63, 3.8) is 0 Å². The first kappa shape index (κ1) is 21.3. The van der Waals surface area contributed by atoms with Crippen LogP contribution in [0.15, 0.2) is 5.11 Å². The SMILES string of the molecule is CC(=O)O[C@@H]([C@H](OC(C)=O)[C@@H](C=O)OC(C)=O)[C@H](O)C(O)N=[N+]=[N-]. The van der Waals surface area contributed by atoms with Crippen LogP contribution in [0.4, 0.5) is 0 Å². The molecule has 0 aromatic heterocycles. The number of nitrogens with zero attached hydrogens (tertiary/aromatic N) is 3. The second-order valence-electron chi connectivity index (χ2n) is 4.47. The van der Waals surface area contributed by atoms with E-state index in [1.807, 2.05) is 0 Å². The zero-order valence-corrected chi connectivity index (χ0v) is 13.1. The first-order chi connectivity index (χ1) is 11.1. The van der Waals surface area contributed by atoms with Crippen LogP contribution in [0.1, 0.15) is 20.8 Å². The molecule has 0 aliphatic carbocycles. The zero-order chi connectivity index (χ0) is 18.9. The molecule has 2 N–H and O–H groups in total. The second kappa shape index (κ2) is 10.2. The Morgan fingerprint density at radius 3 is 1.83 bits per heavy atom. The number of aliphatic hydroxyl groups excluding tert-OH is 2. The number of aliphatic hydroxyl groups is 2. The number of azide groups is 1. The van der Waals surface area contributed by atoms with Crippen molar-refractivity contribution >= 4 is 24.2 Å². The molecule has 24 heavy (non-hydrogen) atoms. The molecule has 0 aromatic carbocycles. The maximum atomic E-state index is 11.2. The summed E-state index contributed by atoms with van der Waals surface area (Å²) in [5.74, 6) is -2.85. The van der Waals surface area contributed by atoms with Gasteiger partial charge in [0.05, 0.1) is 0 Å². The maximum absolute atomic E-state index is 11.2. The van der Waals surface area contributed by atoms with E-state index in [1.165, 1.54) is 0 Å². The van der Waals surface area contributed by atoms with Gasteiger partial charge in [-0.05, 0) is 5.53 Å². The van der Waals surface area contributed by atoms with Crippen molar-refractivity contribution in [3.8, 4) is 0 Å². The average molecular weight is 347 g/mol. The lowest BCUT2D eigenvalue weighted by Crippen LogP contribution is -2.53. The quantitative estimate of drug-likeness (QED) is 0.131. The number of carbonyl (C=O) groups is 4. The average Bonchev–Trinajstić information content (AvgIpc) is 2.47. The number of ether oxygens (including phenoxy) is 3. The maximum Gasteiger partial charge on any atom is 0.303 e. The molecule has 0 aliphatic heterocycles. The number of hydrogen-bond donors (Lipinski definition) is 2. The van der Waals surface area contributed by atoms with Gasteiger partial charge in [-0.15, -0.1) is 0 Å². The Morgan fingerprint density at radius 2 is 1.46 bits per heavy atom. The minimum atomic E-state index is -2.10. The minimum absolute atomic E-state index is 0.0815. The minimum Gasteiger partial charge on any atom is -0.456 e. The molecule has 0 radical (unpaired) electrons. The lowest BCUT2D eigenvalue weighted by molar-refractivity contribution is -0.197. The van der Waals surface area contributed by atoms with Gasteiger partial charge < -0.3 is 24.4 Å². The van der Waals surface area contributed by atoms with E-state index in [9.17, 15) is 29.4 Å². The van der Waals surface area contributed by atoms with E-state index in [4.69, 9.17) is 15.0 Å². The van der Waals surface area contributed by atoms with Gasteiger partial charge in [0, 0.05) is 25.7 Å². The number of rotatable bonds is 9. The molecule has 0 saturated heterocycles. The van der Waals surface area contributed by atoms with Crippen molar-refractivity contribution in [3.05, 3.63) is 10.4 Å². The van der Waals surface area contributed by atoms with Gasteiger partial charge in [0.1, 0.15) is 6.10 Å². The summed E-state index contributed by atoms with van der Waals surface area (Å²) < 4.78 is 14.2. The fourth-order valence-electron chi connectivity index (χ4n) is 1.69. The highest BCUT2D eigenvalue weighted by molar-refractivity contribution is 5.72. The van der Waals surface area contributed by atoms with E-state index in [2.05, 4.69) is 14.8 Å². The Labute approximate surface area is 135 Å². The standard InChI is InChI=1S/C12H17N3O9/c1-5(17)22-8(4-16)10(23-6(2)18)11(24-7(3)19)9(20)12(21)14-15-13/h4,8-12,20-21H,1-3H3/t8-,9+,10-,11-,12?/m1/s1. The van der Waals surface area contributed by atoms with Crippen LogP contribution < -0.4 is 0 Å². The van der Waals surface area contributed by atoms with Crippen molar-refractivity contribution in [2.75, 3.05) is 0 Å². The van der Waals surface area contributed by atoms with Gasteiger partial charge in [0.25, 0.3) is 0 Å². The number of esters is 3. The highest BCUT2D eigenvalue weighted by Gasteiger charge is 2.43. The summed E-state index contributed by atoms with van der Waals surface area (Å²) in [4.78, 5) is 46.9. The molecule has 12 nitrogen and oxygen atoms in total. The molecule has 0 fully saturated rings. The molecular formula is C12H17N3O9.